The van der Waals surface area contributed by atoms with Crippen molar-refractivity contribution in [2.45, 2.75) is 45.2 Å². The van der Waals surface area contributed by atoms with Crippen LogP contribution in [-0.4, -0.2) is 32.2 Å². The molecule has 166 valence electrons. The van der Waals surface area contributed by atoms with Crippen LogP contribution in [0.5, 0.6) is 0 Å². The predicted octanol–water partition coefficient (Wildman–Crippen LogP) is 3.87. The summed E-state index contributed by atoms with van der Waals surface area (Å²) in [6.07, 6.45) is 5.10. The van der Waals surface area contributed by atoms with Crippen molar-refractivity contribution in [3.05, 3.63) is 69.9 Å². The summed E-state index contributed by atoms with van der Waals surface area (Å²) in [5.74, 6) is 2.54. The number of halogens is 1. The molecule has 1 aromatic carbocycles. The Labute approximate surface area is 192 Å². The highest BCUT2D eigenvalue weighted by Crippen LogP contribution is 2.32. The first-order valence-electron chi connectivity index (χ1n) is 11.1. The Bertz CT molecular complexity index is 1160. The van der Waals surface area contributed by atoms with Gasteiger partial charge in [0.15, 0.2) is 0 Å². The topological polar surface area (TPSA) is 75.9 Å². The Kier molecular flexibility index (Phi) is 5.69. The largest absolute Gasteiger partial charge is 0.321 e. The van der Waals surface area contributed by atoms with Gasteiger partial charge in [-0.3, -0.25) is 9.69 Å². The van der Waals surface area contributed by atoms with Gasteiger partial charge in [0.1, 0.15) is 23.1 Å². The molecule has 5 rings (SSSR count). The molecule has 8 heteroatoms. The van der Waals surface area contributed by atoms with Gasteiger partial charge >= 0.3 is 0 Å². The lowest BCUT2D eigenvalue weighted by atomic mass is 9.94. The number of aromatic nitrogens is 4. The quantitative estimate of drug-likeness (QED) is 0.527. The van der Waals surface area contributed by atoms with E-state index in [-0.39, 0.29) is 11.8 Å². The summed E-state index contributed by atoms with van der Waals surface area (Å²) in [6.45, 7) is 4.41. The molecule has 1 aliphatic carbocycles. The van der Waals surface area contributed by atoms with Gasteiger partial charge in [-0.25, -0.2) is 4.98 Å². The number of nitrogens with one attached hydrogen (secondary N) is 1. The van der Waals surface area contributed by atoms with Crippen LogP contribution < -0.4 is 10.2 Å². The van der Waals surface area contributed by atoms with Crippen LogP contribution in [0, 0.1) is 5.92 Å². The second-order valence-electron chi connectivity index (χ2n) is 9.00. The van der Waals surface area contributed by atoms with E-state index in [4.69, 9.17) is 11.6 Å². The fourth-order valence-electron chi connectivity index (χ4n) is 4.21. The molecule has 2 aliphatic rings. The first-order valence-corrected chi connectivity index (χ1v) is 11.5. The third-order valence-corrected chi connectivity index (χ3v) is 6.57. The van der Waals surface area contributed by atoms with Gasteiger partial charge in [0, 0.05) is 25.6 Å². The number of carbonyl (C=O) groups is 1. The van der Waals surface area contributed by atoms with Gasteiger partial charge in [-0.15, -0.1) is 10.2 Å². The lowest BCUT2D eigenvalue weighted by molar-refractivity contribution is 0.0996. The van der Waals surface area contributed by atoms with Gasteiger partial charge in [0.05, 0.1) is 6.54 Å². The minimum atomic E-state index is -0.0284. The monoisotopic (exact) mass is 450 g/mol. The highest BCUT2D eigenvalue weighted by atomic mass is 35.5. The van der Waals surface area contributed by atoms with Crippen molar-refractivity contribution in [1.29, 1.82) is 0 Å². The summed E-state index contributed by atoms with van der Waals surface area (Å²) in [4.78, 5) is 19.4. The Morgan fingerprint density at radius 3 is 2.84 bits per heavy atom. The summed E-state index contributed by atoms with van der Waals surface area (Å²) in [5, 5.41) is 12.0. The van der Waals surface area contributed by atoms with Crippen molar-refractivity contribution in [1.82, 2.24) is 25.1 Å². The Morgan fingerprint density at radius 1 is 1.25 bits per heavy atom. The molecule has 1 aliphatic heterocycles. The summed E-state index contributed by atoms with van der Waals surface area (Å²) < 4.78 is 1.93. The molecule has 1 amide bonds. The maximum atomic E-state index is 13.3. The van der Waals surface area contributed by atoms with Gasteiger partial charge in [-0.1, -0.05) is 30.7 Å². The predicted molar refractivity (Wildman–Crippen MR) is 124 cm³/mol. The van der Waals surface area contributed by atoms with E-state index in [1.54, 1.807) is 11.2 Å². The standard InChI is InChI=1S/C24H27ClN6O/c1-15(7-23-29-27-14-30(23)2)18-5-6-19-13-31(24(32)20(19)10-18)22-9-17(8-21(25)28-22)12-26-11-16-3-4-16/h5-6,8-10,14-16,26H,3-4,7,11-13H2,1-2H3/t15-/m0/s1. The van der Waals surface area contributed by atoms with E-state index in [1.807, 2.05) is 29.8 Å². The molecule has 0 unspecified atom stereocenters. The van der Waals surface area contributed by atoms with Crippen molar-refractivity contribution in [2.75, 3.05) is 11.4 Å². The fraction of sp³-hybridized carbons (Fsp3) is 0.417. The number of hydrogen-bond donors (Lipinski definition) is 1. The van der Waals surface area contributed by atoms with Gasteiger partial charge in [0.2, 0.25) is 0 Å². The zero-order chi connectivity index (χ0) is 22.2. The minimum Gasteiger partial charge on any atom is -0.321 e. The zero-order valence-corrected chi connectivity index (χ0v) is 19.1. The van der Waals surface area contributed by atoms with Crippen LogP contribution in [0.15, 0.2) is 36.7 Å². The van der Waals surface area contributed by atoms with Crippen molar-refractivity contribution in [3.63, 3.8) is 0 Å². The number of fused-ring (bicyclic) bond motifs is 1. The highest BCUT2D eigenvalue weighted by molar-refractivity contribution is 6.29. The number of nitrogens with zero attached hydrogens (tertiary/aromatic N) is 5. The molecule has 7 nitrogen and oxygen atoms in total. The molecule has 1 atom stereocenters. The number of pyridine rings is 1. The van der Waals surface area contributed by atoms with E-state index in [0.29, 0.717) is 17.5 Å². The van der Waals surface area contributed by atoms with E-state index in [0.717, 1.165) is 53.5 Å². The molecule has 1 fully saturated rings. The number of anilines is 1. The molecule has 0 bridgehead atoms. The third kappa shape index (κ3) is 4.40. The second-order valence-corrected chi connectivity index (χ2v) is 9.39. The second kappa shape index (κ2) is 8.64. The maximum Gasteiger partial charge on any atom is 0.260 e. The summed E-state index contributed by atoms with van der Waals surface area (Å²) >= 11 is 6.30. The van der Waals surface area contributed by atoms with E-state index >= 15 is 0 Å². The smallest absolute Gasteiger partial charge is 0.260 e. The molecule has 3 heterocycles. The van der Waals surface area contributed by atoms with Gasteiger partial charge in [-0.2, -0.15) is 0 Å². The molecular formula is C24H27ClN6O. The summed E-state index contributed by atoms with van der Waals surface area (Å²) in [6, 6.07) is 10.0. The van der Waals surface area contributed by atoms with Crippen LogP contribution in [0.25, 0.3) is 0 Å². The lowest BCUT2D eigenvalue weighted by Gasteiger charge is -2.16. The Balaban J connectivity index is 1.32. The van der Waals surface area contributed by atoms with Gasteiger partial charge < -0.3 is 9.88 Å². The highest BCUT2D eigenvalue weighted by Gasteiger charge is 2.30. The number of rotatable bonds is 8. The van der Waals surface area contributed by atoms with Gasteiger partial charge in [-0.05, 0) is 66.1 Å². The molecule has 32 heavy (non-hydrogen) atoms. The molecule has 0 spiro atoms. The third-order valence-electron chi connectivity index (χ3n) is 6.38. The number of amides is 1. The van der Waals surface area contributed by atoms with Crippen LogP contribution >= 0.6 is 11.6 Å². The Hall–Kier alpha value is -2.77. The molecule has 1 N–H and O–H groups in total. The summed E-state index contributed by atoms with van der Waals surface area (Å²) in [7, 11) is 1.94. The normalized spacial score (nSPS) is 16.5. The lowest BCUT2D eigenvalue weighted by Crippen LogP contribution is -2.24. The number of hydrogen-bond acceptors (Lipinski definition) is 5. The zero-order valence-electron chi connectivity index (χ0n) is 18.4. The van der Waals surface area contributed by atoms with E-state index in [1.165, 1.54) is 12.8 Å². The van der Waals surface area contributed by atoms with Crippen LogP contribution in [0.4, 0.5) is 5.82 Å². The van der Waals surface area contributed by atoms with Crippen LogP contribution in [0.1, 0.15) is 58.6 Å². The van der Waals surface area contributed by atoms with Crippen molar-refractivity contribution >= 4 is 23.3 Å². The molecule has 3 aromatic rings. The van der Waals surface area contributed by atoms with Crippen LogP contribution in [0.3, 0.4) is 0 Å². The van der Waals surface area contributed by atoms with Crippen molar-refractivity contribution in [2.24, 2.45) is 13.0 Å². The number of carbonyl (C=O) groups excluding carboxylic acids is 1. The molecular weight excluding hydrogens is 424 g/mol. The average Bonchev–Trinajstić information content (AvgIpc) is 3.42. The van der Waals surface area contributed by atoms with E-state index in [2.05, 4.69) is 39.6 Å². The molecule has 2 aromatic heterocycles. The van der Waals surface area contributed by atoms with Crippen LogP contribution in [0.2, 0.25) is 5.15 Å². The first kappa shape index (κ1) is 21.1. The maximum absolute atomic E-state index is 13.3. The summed E-state index contributed by atoms with van der Waals surface area (Å²) in [5.41, 5.74) is 3.91. The van der Waals surface area contributed by atoms with Gasteiger partial charge in [0.25, 0.3) is 5.91 Å². The first-order chi connectivity index (χ1) is 15.5. The number of aryl methyl sites for hydroxylation is 1. The fourth-order valence-corrected chi connectivity index (χ4v) is 4.44. The Morgan fingerprint density at radius 2 is 2.09 bits per heavy atom. The van der Waals surface area contributed by atoms with Crippen molar-refractivity contribution in [3.8, 4) is 0 Å². The van der Waals surface area contributed by atoms with E-state index < -0.39 is 0 Å². The average molecular weight is 451 g/mol. The molecule has 1 saturated carbocycles. The SMILES string of the molecule is C[C@@H](Cc1nncn1C)c1ccc2c(c1)C(=O)N(c1cc(CNCC3CC3)cc(Cl)n1)C2. The van der Waals surface area contributed by atoms with E-state index in [9.17, 15) is 4.79 Å². The number of benzene rings is 1. The van der Waals surface area contributed by atoms with Crippen molar-refractivity contribution < 1.29 is 4.79 Å². The molecule has 0 saturated heterocycles. The van der Waals surface area contributed by atoms with Crippen LogP contribution in [-0.2, 0) is 26.6 Å². The molecule has 0 radical (unpaired) electrons. The minimum absolute atomic E-state index is 0.0284.